The number of hydrogen-bond acceptors (Lipinski definition) is 3. The second-order valence-electron chi connectivity index (χ2n) is 5.16. The van der Waals surface area contributed by atoms with Crippen molar-refractivity contribution in [3.63, 3.8) is 0 Å². The van der Waals surface area contributed by atoms with E-state index in [1.807, 2.05) is 19.1 Å². The molecule has 4 heteroatoms. The third kappa shape index (κ3) is 6.69. The molecule has 114 valence electrons. The van der Waals surface area contributed by atoms with Crippen LogP contribution in [-0.2, 0) is 12.8 Å². The average Bonchev–Trinajstić information content (AvgIpc) is 2.43. The average molecular weight is 298 g/mol. The number of benzene rings is 1. The van der Waals surface area contributed by atoms with E-state index in [2.05, 4.69) is 13.0 Å². The molecular formula is C16H27O3P. The van der Waals surface area contributed by atoms with Gasteiger partial charge < -0.3 is 14.3 Å². The van der Waals surface area contributed by atoms with E-state index in [4.69, 9.17) is 14.3 Å². The Morgan fingerprint density at radius 1 is 1.00 bits per heavy atom. The van der Waals surface area contributed by atoms with Gasteiger partial charge in [0.25, 0.3) is 0 Å². The Morgan fingerprint density at radius 2 is 1.70 bits per heavy atom. The zero-order valence-electron chi connectivity index (χ0n) is 12.6. The molecule has 1 aromatic rings. The molecule has 0 aliphatic rings. The van der Waals surface area contributed by atoms with E-state index in [1.165, 1.54) is 44.1 Å². The summed E-state index contributed by atoms with van der Waals surface area (Å²) in [5.41, 5.74) is 2.36. The molecule has 0 heterocycles. The van der Waals surface area contributed by atoms with Crippen molar-refractivity contribution in [1.29, 1.82) is 0 Å². The van der Waals surface area contributed by atoms with Crippen molar-refractivity contribution >= 4 is 8.60 Å². The van der Waals surface area contributed by atoms with Gasteiger partial charge in [0, 0.05) is 0 Å². The van der Waals surface area contributed by atoms with E-state index in [1.54, 1.807) is 0 Å². The van der Waals surface area contributed by atoms with Crippen molar-refractivity contribution in [3.8, 4) is 5.75 Å². The normalized spacial score (nSPS) is 11.1. The smallest absolute Gasteiger partial charge is 0.391 e. The molecule has 0 fully saturated rings. The fraction of sp³-hybridized carbons (Fsp3) is 0.625. The molecule has 0 aliphatic heterocycles. The van der Waals surface area contributed by atoms with Crippen LogP contribution in [0.15, 0.2) is 18.2 Å². The summed E-state index contributed by atoms with van der Waals surface area (Å²) in [6.45, 7) is 4.29. The maximum atomic E-state index is 8.94. The van der Waals surface area contributed by atoms with Crippen LogP contribution in [0.25, 0.3) is 0 Å². The van der Waals surface area contributed by atoms with E-state index in [0.717, 1.165) is 18.4 Å². The van der Waals surface area contributed by atoms with Crippen molar-refractivity contribution < 1.29 is 14.3 Å². The van der Waals surface area contributed by atoms with Crippen molar-refractivity contribution in [2.45, 2.75) is 65.2 Å². The third-order valence-electron chi connectivity index (χ3n) is 3.50. The second-order valence-corrected chi connectivity index (χ2v) is 5.85. The summed E-state index contributed by atoms with van der Waals surface area (Å²) < 4.78 is 5.04. The van der Waals surface area contributed by atoms with Crippen LogP contribution in [0.1, 0.15) is 63.5 Å². The fourth-order valence-corrected chi connectivity index (χ4v) is 2.71. The Hall–Kier alpha value is -0.630. The Labute approximate surface area is 124 Å². The molecule has 0 aromatic heterocycles. The summed E-state index contributed by atoms with van der Waals surface area (Å²) in [7, 11) is -2.33. The number of hydrogen-bond donors (Lipinski definition) is 2. The molecule has 2 N–H and O–H groups in total. The predicted octanol–water partition coefficient (Wildman–Crippen LogP) is 4.74. The van der Waals surface area contributed by atoms with Crippen LogP contribution < -0.4 is 4.52 Å². The monoisotopic (exact) mass is 298 g/mol. The lowest BCUT2D eigenvalue weighted by Crippen LogP contribution is -1.94. The summed E-state index contributed by atoms with van der Waals surface area (Å²) in [5.74, 6) is 0.593. The van der Waals surface area contributed by atoms with Crippen LogP contribution in [0.3, 0.4) is 0 Å². The van der Waals surface area contributed by atoms with Gasteiger partial charge >= 0.3 is 8.60 Å². The van der Waals surface area contributed by atoms with Crippen LogP contribution in [-0.4, -0.2) is 9.79 Å². The summed E-state index contributed by atoms with van der Waals surface area (Å²) in [6.07, 6.45) is 9.75. The van der Waals surface area contributed by atoms with Gasteiger partial charge in [-0.1, -0.05) is 58.1 Å². The SMILES string of the molecule is CCCCCCCCc1ccc(OP(O)O)c(CC)c1. The molecule has 0 atom stereocenters. The molecule has 0 aliphatic carbocycles. The maximum absolute atomic E-state index is 8.94. The molecule has 1 rings (SSSR count). The summed E-state index contributed by atoms with van der Waals surface area (Å²) in [5, 5.41) is 0. The lowest BCUT2D eigenvalue weighted by atomic mass is 10.0. The van der Waals surface area contributed by atoms with Gasteiger partial charge in [0.2, 0.25) is 0 Å². The van der Waals surface area contributed by atoms with Crippen LogP contribution in [0, 0.1) is 0 Å². The van der Waals surface area contributed by atoms with Crippen LogP contribution in [0.2, 0.25) is 0 Å². The molecule has 0 saturated carbocycles. The summed E-state index contributed by atoms with van der Waals surface area (Å²) in [4.78, 5) is 17.9. The van der Waals surface area contributed by atoms with Gasteiger partial charge in [0.15, 0.2) is 0 Å². The van der Waals surface area contributed by atoms with E-state index in [0.29, 0.717) is 5.75 Å². The van der Waals surface area contributed by atoms with E-state index in [9.17, 15) is 0 Å². The van der Waals surface area contributed by atoms with Gasteiger partial charge in [-0.2, -0.15) is 0 Å². The third-order valence-corrected chi connectivity index (χ3v) is 3.86. The lowest BCUT2D eigenvalue weighted by Gasteiger charge is -2.12. The quantitative estimate of drug-likeness (QED) is 0.484. The van der Waals surface area contributed by atoms with Crippen molar-refractivity contribution in [2.75, 3.05) is 0 Å². The highest BCUT2D eigenvalue weighted by Crippen LogP contribution is 2.32. The Bertz CT molecular complexity index is 380. The van der Waals surface area contributed by atoms with Gasteiger partial charge in [0.05, 0.1) is 0 Å². The van der Waals surface area contributed by atoms with Crippen molar-refractivity contribution in [2.24, 2.45) is 0 Å². The first-order valence-electron chi connectivity index (χ1n) is 7.65. The van der Waals surface area contributed by atoms with Crippen LogP contribution in [0.5, 0.6) is 5.75 Å². The molecule has 0 amide bonds. The minimum absolute atomic E-state index is 0.593. The van der Waals surface area contributed by atoms with Gasteiger partial charge in [-0.3, -0.25) is 0 Å². The standard InChI is InChI=1S/C16H27O3P/c1-3-5-6-7-8-9-10-14-11-12-16(19-20(17)18)15(4-2)13-14/h11-13,17-18H,3-10H2,1-2H3. The molecule has 20 heavy (non-hydrogen) atoms. The summed E-state index contributed by atoms with van der Waals surface area (Å²) >= 11 is 0. The fourth-order valence-electron chi connectivity index (χ4n) is 2.35. The second kappa shape index (κ2) is 10.1. The largest absolute Gasteiger partial charge is 0.427 e. The van der Waals surface area contributed by atoms with Crippen LogP contribution in [0.4, 0.5) is 0 Å². The van der Waals surface area contributed by atoms with Gasteiger partial charge in [-0.15, -0.1) is 0 Å². The minimum atomic E-state index is -2.33. The van der Waals surface area contributed by atoms with Crippen molar-refractivity contribution in [1.82, 2.24) is 0 Å². The van der Waals surface area contributed by atoms with Gasteiger partial charge in [0.1, 0.15) is 5.75 Å². The predicted molar refractivity (Wildman–Crippen MR) is 84.9 cm³/mol. The van der Waals surface area contributed by atoms with E-state index in [-0.39, 0.29) is 0 Å². The first-order valence-corrected chi connectivity index (χ1v) is 8.81. The maximum Gasteiger partial charge on any atom is 0.391 e. The Kier molecular flexibility index (Phi) is 8.84. The van der Waals surface area contributed by atoms with E-state index >= 15 is 0 Å². The molecule has 0 spiro atoms. The molecule has 3 nitrogen and oxygen atoms in total. The Balaban J connectivity index is 2.43. The van der Waals surface area contributed by atoms with Gasteiger partial charge in [-0.25, -0.2) is 0 Å². The molecule has 0 radical (unpaired) electrons. The molecule has 0 bridgehead atoms. The number of rotatable bonds is 10. The lowest BCUT2D eigenvalue weighted by molar-refractivity contribution is 0.373. The summed E-state index contributed by atoms with van der Waals surface area (Å²) in [6, 6.07) is 6.01. The highest BCUT2D eigenvalue weighted by atomic mass is 31.2. The van der Waals surface area contributed by atoms with Crippen molar-refractivity contribution in [3.05, 3.63) is 29.3 Å². The minimum Gasteiger partial charge on any atom is -0.427 e. The van der Waals surface area contributed by atoms with Crippen LogP contribution >= 0.6 is 8.60 Å². The number of aryl methyl sites for hydroxylation is 2. The molecular weight excluding hydrogens is 271 g/mol. The van der Waals surface area contributed by atoms with Gasteiger partial charge in [-0.05, 0) is 36.5 Å². The molecule has 1 aromatic carbocycles. The molecule has 0 unspecified atom stereocenters. The topological polar surface area (TPSA) is 49.7 Å². The first-order chi connectivity index (χ1) is 9.67. The Morgan fingerprint density at radius 3 is 2.35 bits per heavy atom. The first kappa shape index (κ1) is 17.4. The zero-order chi connectivity index (χ0) is 14.8. The highest BCUT2D eigenvalue weighted by Gasteiger charge is 2.08. The number of unbranched alkanes of at least 4 members (excludes halogenated alkanes) is 5. The zero-order valence-corrected chi connectivity index (χ0v) is 13.5. The van der Waals surface area contributed by atoms with E-state index < -0.39 is 8.60 Å². The highest BCUT2D eigenvalue weighted by molar-refractivity contribution is 7.39. The molecule has 0 saturated heterocycles.